The Labute approximate surface area is 221 Å². The zero-order valence-electron chi connectivity index (χ0n) is 21.5. The van der Waals surface area contributed by atoms with Gasteiger partial charge in [-0.2, -0.15) is 0 Å². The standard InChI is InChI=1S/C29H35NO6S/c1-3-5-18(12-20-8-9-21(15-31)36-20)7-10-25-26-19(16-34-2)13-23-27(24(26)17-35-25)29(33)30(28(23)32)14-22-6-4-11-37-22/h4,6,8-9,11-12,23-25,27,31H,3,5,7,10,13-17H2,1-2H3/b18-12+/t23-,24+,25-,27-/m1/s1. The molecule has 1 N–H and O–H groups in total. The third kappa shape index (κ3) is 5.25. The van der Waals surface area contributed by atoms with Crippen molar-refractivity contribution in [2.24, 2.45) is 17.8 Å². The lowest BCUT2D eigenvalue weighted by atomic mass is 9.69. The SMILES string of the molecule is CCC/C(=C\c1ccc(CO)o1)CC[C@H]1OC[C@H]2C1=C(COC)C[C@H]1C(=O)N(Cc3cccs3)C(=O)[C@H]12. The highest BCUT2D eigenvalue weighted by molar-refractivity contribution is 7.09. The number of hydrogen-bond acceptors (Lipinski definition) is 7. The second-order valence-corrected chi connectivity index (χ2v) is 11.2. The molecule has 4 heterocycles. The van der Waals surface area contributed by atoms with E-state index in [1.807, 2.05) is 23.6 Å². The lowest BCUT2D eigenvalue weighted by molar-refractivity contribution is -0.140. The maximum absolute atomic E-state index is 13.5. The van der Waals surface area contributed by atoms with Crippen LogP contribution in [0.5, 0.6) is 0 Å². The number of allylic oxidation sites excluding steroid dienone is 1. The second kappa shape index (κ2) is 11.5. The first-order valence-corrected chi connectivity index (χ1v) is 14.0. The summed E-state index contributed by atoms with van der Waals surface area (Å²) >= 11 is 1.57. The van der Waals surface area contributed by atoms with Crippen molar-refractivity contribution in [2.75, 3.05) is 20.3 Å². The summed E-state index contributed by atoms with van der Waals surface area (Å²) in [6, 6.07) is 7.59. The number of imide groups is 1. The molecule has 0 aromatic carbocycles. The van der Waals surface area contributed by atoms with E-state index >= 15 is 0 Å². The number of carbonyl (C=O) groups excluding carboxylic acids is 2. The molecule has 0 saturated carbocycles. The molecule has 3 aliphatic rings. The fourth-order valence-corrected chi connectivity index (χ4v) is 6.92. The van der Waals surface area contributed by atoms with Gasteiger partial charge < -0.3 is 19.0 Å². The molecule has 2 saturated heterocycles. The highest BCUT2D eigenvalue weighted by Gasteiger charge is 2.56. The largest absolute Gasteiger partial charge is 0.459 e. The van der Waals surface area contributed by atoms with Gasteiger partial charge in [0, 0.05) is 17.9 Å². The van der Waals surface area contributed by atoms with Crippen LogP contribution in [-0.2, 0) is 32.2 Å². The van der Waals surface area contributed by atoms with Crippen molar-refractivity contribution in [3.8, 4) is 0 Å². The van der Waals surface area contributed by atoms with Crippen molar-refractivity contribution in [1.29, 1.82) is 0 Å². The fourth-order valence-electron chi connectivity index (χ4n) is 6.22. The number of hydrogen-bond donors (Lipinski definition) is 1. The van der Waals surface area contributed by atoms with Crippen LogP contribution < -0.4 is 0 Å². The molecule has 2 aromatic rings. The van der Waals surface area contributed by atoms with Gasteiger partial charge >= 0.3 is 0 Å². The Bertz CT molecular complexity index is 1180. The van der Waals surface area contributed by atoms with E-state index in [0.29, 0.717) is 31.9 Å². The number of likely N-dealkylation sites (tertiary alicyclic amines) is 1. The first-order valence-electron chi connectivity index (χ1n) is 13.1. The monoisotopic (exact) mass is 525 g/mol. The summed E-state index contributed by atoms with van der Waals surface area (Å²) in [7, 11) is 1.68. The molecule has 0 spiro atoms. The molecule has 37 heavy (non-hydrogen) atoms. The van der Waals surface area contributed by atoms with Gasteiger partial charge in [0.2, 0.25) is 11.8 Å². The van der Waals surface area contributed by atoms with Crippen molar-refractivity contribution in [1.82, 2.24) is 4.90 Å². The molecular weight excluding hydrogens is 490 g/mol. The number of aliphatic hydroxyl groups is 1. The molecule has 2 fully saturated rings. The van der Waals surface area contributed by atoms with E-state index in [9.17, 15) is 14.7 Å². The Balaban J connectivity index is 1.34. The number of methoxy groups -OCH3 is 1. The Kier molecular flexibility index (Phi) is 8.09. The van der Waals surface area contributed by atoms with Gasteiger partial charge in [-0.25, -0.2) is 0 Å². The molecule has 5 rings (SSSR count). The summed E-state index contributed by atoms with van der Waals surface area (Å²) in [4.78, 5) is 29.4. The maximum Gasteiger partial charge on any atom is 0.234 e. The Morgan fingerprint density at radius 2 is 2.08 bits per heavy atom. The topological polar surface area (TPSA) is 89.2 Å². The Morgan fingerprint density at radius 1 is 1.22 bits per heavy atom. The van der Waals surface area contributed by atoms with Gasteiger partial charge in [-0.15, -0.1) is 11.3 Å². The van der Waals surface area contributed by atoms with Gasteiger partial charge in [-0.1, -0.05) is 25.0 Å². The lowest BCUT2D eigenvalue weighted by Gasteiger charge is -2.31. The predicted molar refractivity (Wildman–Crippen MR) is 140 cm³/mol. The van der Waals surface area contributed by atoms with E-state index < -0.39 is 0 Å². The van der Waals surface area contributed by atoms with Crippen molar-refractivity contribution < 1.29 is 28.6 Å². The molecule has 2 aromatic heterocycles. The van der Waals surface area contributed by atoms with E-state index in [2.05, 4.69) is 13.0 Å². The summed E-state index contributed by atoms with van der Waals surface area (Å²) in [6.45, 7) is 3.31. The van der Waals surface area contributed by atoms with Gasteiger partial charge in [0.05, 0.1) is 37.7 Å². The van der Waals surface area contributed by atoms with Crippen LogP contribution in [0.2, 0.25) is 0 Å². The molecule has 0 radical (unpaired) electrons. The van der Waals surface area contributed by atoms with Crippen LogP contribution in [0.4, 0.5) is 0 Å². The molecular formula is C29H35NO6S. The van der Waals surface area contributed by atoms with Crippen LogP contribution in [0.25, 0.3) is 6.08 Å². The number of nitrogens with zero attached hydrogens (tertiary/aromatic N) is 1. The molecule has 2 amide bonds. The van der Waals surface area contributed by atoms with Gasteiger partial charge in [-0.3, -0.25) is 14.5 Å². The first-order chi connectivity index (χ1) is 18.0. The van der Waals surface area contributed by atoms with Crippen LogP contribution in [0.3, 0.4) is 0 Å². The summed E-state index contributed by atoms with van der Waals surface area (Å²) in [5.74, 6) is 0.429. The van der Waals surface area contributed by atoms with Crippen molar-refractivity contribution >= 4 is 29.2 Å². The molecule has 0 unspecified atom stereocenters. The number of amides is 2. The highest BCUT2D eigenvalue weighted by Crippen LogP contribution is 2.50. The Morgan fingerprint density at radius 3 is 2.78 bits per heavy atom. The average Bonchev–Trinajstić information content (AvgIpc) is 3.69. The van der Waals surface area contributed by atoms with Crippen LogP contribution in [0.15, 0.2) is 50.8 Å². The second-order valence-electron chi connectivity index (χ2n) is 10.2. The summed E-state index contributed by atoms with van der Waals surface area (Å²) in [5, 5.41) is 11.3. The Hall–Kier alpha value is -2.52. The average molecular weight is 526 g/mol. The third-order valence-electron chi connectivity index (χ3n) is 7.80. The number of thiophene rings is 1. The van der Waals surface area contributed by atoms with Gasteiger partial charge in [-0.05, 0) is 66.5 Å². The molecule has 1 aliphatic carbocycles. The van der Waals surface area contributed by atoms with E-state index in [1.165, 1.54) is 16.0 Å². The van der Waals surface area contributed by atoms with E-state index in [0.717, 1.165) is 41.9 Å². The highest BCUT2D eigenvalue weighted by atomic mass is 32.1. The van der Waals surface area contributed by atoms with Crippen LogP contribution >= 0.6 is 11.3 Å². The van der Waals surface area contributed by atoms with Gasteiger partial charge in [0.1, 0.15) is 18.1 Å². The van der Waals surface area contributed by atoms with Crippen LogP contribution in [0.1, 0.15) is 55.4 Å². The van der Waals surface area contributed by atoms with Crippen molar-refractivity contribution in [3.05, 3.63) is 62.8 Å². The summed E-state index contributed by atoms with van der Waals surface area (Å²) < 4.78 is 17.6. The minimum Gasteiger partial charge on any atom is -0.459 e. The van der Waals surface area contributed by atoms with Gasteiger partial charge in [0.15, 0.2) is 0 Å². The molecule has 8 heteroatoms. The number of rotatable bonds is 11. The normalized spacial score (nSPS) is 25.8. The van der Waals surface area contributed by atoms with Crippen LogP contribution in [-0.4, -0.2) is 48.2 Å². The van der Waals surface area contributed by atoms with Crippen LogP contribution in [0, 0.1) is 17.8 Å². The molecule has 198 valence electrons. The van der Waals surface area contributed by atoms with E-state index in [-0.39, 0.29) is 42.3 Å². The molecule has 0 bridgehead atoms. The molecule has 7 nitrogen and oxygen atoms in total. The summed E-state index contributed by atoms with van der Waals surface area (Å²) in [6.07, 6.45) is 6.15. The minimum absolute atomic E-state index is 0.0595. The molecule has 4 atom stereocenters. The molecule has 2 aliphatic heterocycles. The zero-order valence-corrected chi connectivity index (χ0v) is 22.3. The number of fused-ring (bicyclic) bond motifs is 3. The van der Waals surface area contributed by atoms with Crippen molar-refractivity contribution in [2.45, 2.75) is 58.3 Å². The zero-order chi connectivity index (χ0) is 25.9. The van der Waals surface area contributed by atoms with Crippen molar-refractivity contribution in [3.63, 3.8) is 0 Å². The fraction of sp³-hybridized carbons (Fsp3) is 0.517. The summed E-state index contributed by atoms with van der Waals surface area (Å²) in [5.41, 5.74) is 3.57. The van der Waals surface area contributed by atoms with E-state index in [4.69, 9.17) is 13.9 Å². The minimum atomic E-state index is -0.348. The number of carbonyl (C=O) groups is 2. The number of furan rings is 1. The number of ether oxygens (including phenoxy) is 2. The van der Waals surface area contributed by atoms with Gasteiger partial charge in [0.25, 0.3) is 0 Å². The van der Waals surface area contributed by atoms with E-state index in [1.54, 1.807) is 24.5 Å². The smallest absolute Gasteiger partial charge is 0.234 e. The predicted octanol–water partition coefficient (Wildman–Crippen LogP) is 4.96. The lowest BCUT2D eigenvalue weighted by Crippen LogP contribution is -2.35. The number of aliphatic hydroxyl groups excluding tert-OH is 1. The first kappa shape index (κ1) is 26.1. The quantitative estimate of drug-likeness (QED) is 0.330. The maximum atomic E-state index is 13.5. The third-order valence-corrected chi connectivity index (χ3v) is 8.66.